The van der Waals surface area contributed by atoms with Crippen LogP contribution in [0.5, 0.6) is 0 Å². The predicted octanol–water partition coefficient (Wildman–Crippen LogP) is 1.14. The van der Waals surface area contributed by atoms with E-state index in [1.807, 2.05) is 6.26 Å². The van der Waals surface area contributed by atoms with E-state index < -0.39 is 10.0 Å². The number of sulfonamides is 1. The summed E-state index contributed by atoms with van der Waals surface area (Å²) in [6, 6.07) is 0. The molecule has 0 aliphatic heterocycles. The molecule has 0 saturated heterocycles. The van der Waals surface area contributed by atoms with E-state index in [4.69, 9.17) is 0 Å². The highest BCUT2D eigenvalue weighted by atomic mass is 32.2. The fraction of sp³-hybridized carbons (Fsp3) is 0.667. The van der Waals surface area contributed by atoms with Crippen LogP contribution in [0.25, 0.3) is 0 Å². The highest BCUT2D eigenvalue weighted by molar-refractivity contribution is 7.99. The van der Waals surface area contributed by atoms with E-state index in [9.17, 15) is 8.42 Å². The Balaban J connectivity index is 2.57. The van der Waals surface area contributed by atoms with Crippen molar-refractivity contribution in [2.24, 2.45) is 0 Å². The molecule has 0 amide bonds. The van der Waals surface area contributed by atoms with Crippen LogP contribution in [-0.4, -0.2) is 36.7 Å². The quantitative estimate of drug-likeness (QED) is 0.807. The minimum absolute atomic E-state index is 0.226. The molecule has 0 aliphatic carbocycles. The molecule has 0 aliphatic rings. The average Bonchev–Trinajstić information content (AvgIpc) is 2.64. The Morgan fingerprint density at radius 3 is 2.81 bits per heavy atom. The summed E-state index contributed by atoms with van der Waals surface area (Å²) in [6.45, 7) is 4.21. The van der Waals surface area contributed by atoms with Gasteiger partial charge in [0.2, 0.25) is 10.0 Å². The van der Waals surface area contributed by atoms with E-state index in [0.29, 0.717) is 17.5 Å². The zero-order valence-electron chi connectivity index (χ0n) is 9.65. The van der Waals surface area contributed by atoms with Crippen LogP contribution >= 0.6 is 11.8 Å². The van der Waals surface area contributed by atoms with E-state index in [1.165, 1.54) is 6.20 Å². The van der Waals surface area contributed by atoms with Gasteiger partial charge in [0, 0.05) is 11.8 Å². The average molecular weight is 263 g/mol. The molecule has 0 bridgehead atoms. The van der Waals surface area contributed by atoms with Crippen LogP contribution in [0.4, 0.5) is 0 Å². The molecular formula is C9H17N3O2S2. The SMILES string of the molecule is CSC(C)CCNS(=O)(=O)c1cn[nH]c1C. The lowest BCUT2D eigenvalue weighted by atomic mass is 10.3. The highest BCUT2D eigenvalue weighted by Crippen LogP contribution is 2.12. The van der Waals surface area contributed by atoms with Crippen LogP contribution in [0.2, 0.25) is 0 Å². The van der Waals surface area contributed by atoms with Crippen molar-refractivity contribution >= 4 is 21.8 Å². The minimum Gasteiger partial charge on any atom is -0.281 e. The molecule has 1 atom stereocenters. The molecule has 1 heterocycles. The molecule has 1 rings (SSSR count). The first-order chi connectivity index (χ1) is 7.47. The van der Waals surface area contributed by atoms with Gasteiger partial charge < -0.3 is 0 Å². The van der Waals surface area contributed by atoms with Crippen LogP contribution in [0.15, 0.2) is 11.1 Å². The van der Waals surface area contributed by atoms with Crippen molar-refractivity contribution in [1.82, 2.24) is 14.9 Å². The molecule has 1 unspecified atom stereocenters. The van der Waals surface area contributed by atoms with E-state index in [-0.39, 0.29) is 4.90 Å². The van der Waals surface area contributed by atoms with Crippen LogP contribution in [0.3, 0.4) is 0 Å². The topological polar surface area (TPSA) is 74.8 Å². The van der Waals surface area contributed by atoms with Crippen molar-refractivity contribution in [3.8, 4) is 0 Å². The minimum atomic E-state index is -3.40. The van der Waals surface area contributed by atoms with Crippen LogP contribution in [0.1, 0.15) is 19.0 Å². The van der Waals surface area contributed by atoms with Crippen molar-refractivity contribution in [2.75, 3.05) is 12.8 Å². The van der Waals surface area contributed by atoms with E-state index >= 15 is 0 Å². The third-order valence-corrected chi connectivity index (χ3v) is 4.93. The highest BCUT2D eigenvalue weighted by Gasteiger charge is 2.17. The molecule has 0 aromatic carbocycles. The molecule has 7 heteroatoms. The summed E-state index contributed by atoms with van der Waals surface area (Å²) in [5, 5.41) is 6.76. The van der Waals surface area contributed by atoms with Crippen LogP contribution < -0.4 is 4.72 Å². The van der Waals surface area contributed by atoms with Crippen molar-refractivity contribution in [3.05, 3.63) is 11.9 Å². The van der Waals surface area contributed by atoms with Gasteiger partial charge >= 0.3 is 0 Å². The van der Waals surface area contributed by atoms with Gasteiger partial charge in [0.05, 0.1) is 11.9 Å². The van der Waals surface area contributed by atoms with Gasteiger partial charge in [-0.25, -0.2) is 13.1 Å². The Morgan fingerprint density at radius 2 is 2.31 bits per heavy atom. The van der Waals surface area contributed by atoms with Gasteiger partial charge in [-0.1, -0.05) is 6.92 Å². The third kappa shape index (κ3) is 3.50. The molecule has 2 N–H and O–H groups in total. The number of nitrogens with zero attached hydrogens (tertiary/aromatic N) is 1. The predicted molar refractivity (Wildman–Crippen MR) is 66.1 cm³/mol. The lowest BCUT2D eigenvalue weighted by Gasteiger charge is -2.09. The van der Waals surface area contributed by atoms with Gasteiger partial charge in [0.15, 0.2) is 0 Å². The molecule has 0 saturated carbocycles. The first-order valence-corrected chi connectivity index (χ1v) is 7.77. The van der Waals surface area contributed by atoms with Crippen LogP contribution in [-0.2, 0) is 10.0 Å². The molecule has 16 heavy (non-hydrogen) atoms. The van der Waals surface area contributed by atoms with Gasteiger partial charge in [-0.2, -0.15) is 16.9 Å². The summed E-state index contributed by atoms with van der Waals surface area (Å²) in [5.74, 6) is 0. The fourth-order valence-electron chi connectivity index (χ4n) is 1.20. The molecule has 1 aromatic heterocycles. The number of nitrogens with one attached hydrogen (secondary N) is 2. The number of thioether (sulfide) groups is 1. The summed E-state index contributed by atoms with van der Waals surface area (Å²) in [7, 11) is -3.40. The molecule has 0 spiro atoms. The number of H-pyrrole nitrogens is 1. The van der Waals surface area contributed by atoms with Crippen molar-refractivity contribution < 1.29 is 8.42 Å². The number of aromatic amines is 1. The van der Waals surface area contributed by atoms with Gasteiger partial charge in [-0.05, 0) is 19.6 Å². The Morgan fingerprint density at radius 1 is 1.62 bits per heavy atom. The zero-order valence-corrected chi connectivity index (χ0v) is 11.3. The molecule has 92 valence electrons. The van der Waals surface area contributed by atoms with Gasteiger partial charge in [-0.15, -0.1) is 0 Å². The Kier molecular flexibility index (Phi) is 4.82. The summed E-state index contributed by atoms with van der Waals surface area (Å²) in [6.07, 6.45) is 4.16. The van der Waals surface area contributed by atoms with E-state index in [1.54, 1.807) is 18.7 Å². The maximum atomic E-state index is 11.8. The van der Waals surface area contributed by atoms with Gasteiger partial charge in [-0.3, -0.25) is 5.10 Å². The number of aryl methyl sites for hydroxylation is 1. The second kappa shape index (κ2) is 5.70. The smallest absolute Gasteiger partial charge is 0.243 e. The second-order valence-electron chi connectivity index (χ2n) is 3.59. The van der Waals surface area contributed by atoms with Crippen molar-refractivity contribution in [2.45, 2.75) is 30.4 Å². The standard InChI is InChI=1S/C9H17N3O2S2/c1-7(15-3)4-5-11-16(13,14)9-6-10-12-8(9)2/h6-7,11H,4-5H2,1-3H3,(H,10,12). The third-order valence-electron chi connectivity index (χ3n) is 2.32. The first-order valence-electron chi connectivity index (χ1n) is 5.00. The van der Waals surface area contributed by atoms with E-state index in [2.05, 4.69) is 21.8 Å². The Bertz CT molecular complexity index is 428. The molecular weight excluding hydrogens is 246 g/mol. The molecule has 0 fully saturated rings. The van der Waals surface area contributed by atoms with Crippen LogP contribution in [0, 0.1) is 6.92 Å². The lowest BCUT2D eigenvalue weighted by Crippen LogP contribution is -2.26. The first kappa shape index (κ1) is 13.5. The van der Waals surface area contributed by atoms with Gasteiger partial charge in [0.25, 0.3) is 0 Å². The van der Waals surface area contributed by atoms with Crippen molar-refractivity contribution in [3.63, 3.8) is 0 Å². The monoisotopic (exact) mass is 263 g/mol. The number of hydrogen-bond donors (Lipinski definition) is 2. The lowest BCUT2D eigenvalue weighted by molar-refractivity contribution is 0.578. The number of aromatic nitrogens is 2. The summed E-state index contributed by atoms with van der Waals surface area (Å²) in [5.41, 5.74) is 0.561. The Hall–Kier alpha value is -0.530. The van der Waals surface area contributed by atoms with Gasteiger partial charge in [0.1, 0.15) is 4.90 Å². The number of rotatable bonds is 6. The molecule has 1 aromatic rings. The van der Waals surface area contributed by atoms with E-state index in [0.717, 1.165) is 6.42 Å². The normalized spacial score (nSPS) is 13.9. The summed E-state index contributed by atoms with van der Waals surface area (Å²) in [4.78, 5) is 0.226. The largest absolute Gasteiger partial charge is 0.281 e. The maximum Gasteiger partial charge on any atom is 0.243 e. The maximum absolute atomic E-state index is 11.8. The number of hydrogen-bond acceptors (Lipinski definition) is 4. The Labute approximate surface area is 100 Å². The summed E-state index contributed by atoms with van der Waals surface area (Å²) < 4.78 is 26.2. The summed E-state index contributed by atoms with van der Waals surface area (Å²) >= 11 is 1.72. The fourth-order valence-corrected chi connectivity index (χ4v) is 2.74. The van der Waals surface area contributed by atoms with Crippen molar-refractivity contribution in [1.29, 1.82) is 0 Å². The zero-order chi connectivity index (χ0) is 12.2. The second-order valence-corrected chi connectivity index (χ2v) is 6.60. The molecule has 5 nitrogen and oxygen atoms in total. The molecule has 0 radical (unpaired) electrons.